The molecule has 2 heterocycles. The number of anilines is 1. The fraction of sp³-hybridized carbons (Fsp3) is 0.250. The Labute approximate surface area is 170 Å². The van der Waals surface area contributed by atoms with Gasteiger partial charge in [0.1, 0.15) is 11.6 Å². The van der Waals surface area contributed by atoms with Crippen LogP contribution in [0.1, 0.15) is 23.5 Å². The van der Waals surface area contributed by atoms with Crippen molar-refractivity contribution in [1.82, 2.24) is 9.88 Å². The Morgan fingerprint density at radius 2 is 1.52 bits per heavy atom. The highest BCUT2D eigenvalue weighted by molar-refractivity contribution is 5.84. The summed E-state index contributed by atoms with van der Waals surface area (Å²) < 4.78 is 0. The predicted octanol–water partition coefficient (Wildman–Crippen LogP) is 3.64. The zero-order valence-electron chi connectivity index (χ0n) is 16.2. The number of aromatic nitrogens is 1. The molecule has 146 valence electrons. The largest absolute Gasteiger partial charge is 0.506 e. The molecule has 2 aliphatic rings. The molecule has 0 radical (unpaired) electrons. The van der Waals surface area contributed by atoms with Crippen molar-refractivity contribution in [2.75, 3.05) is 31.1 Å². The first-order valence-electron chi connectivity index (χ1n) is 10.1. The van der Waals surface area contributed by atoms with Gasteiger partial charge in [-0.05, 0) is 34.4 Å². The highest BCUT2D eigenvalue weighted by Crippen LogP contribution is 2.46. The summed E-state index contributed by atoms with van der Waals surface area (Å²) in [6.45, 7) is 2.89. The summed E-state index contributed by atoms with van der Waals surface area (Å²) in [6, 6.07) is 20.3. The molecule has 0 saturated carbocycles. The summed E-state index contributed by atoms with van der Waals surface area (Å²) in [7, 11) is 0. The Morgan fingerprint density at radius 1 is 0.897 bits per heavy atom. The predicted molar refractivity (Wildman–Crippen MR) is 113 cm³/mol. The molecular weight excluding hydrogens is 362 g/mol. The van der Waals surface area contributed by atoms with Gasteiger partial charge >= 0.3 is 0 Å². The SMILES string of the molecule is O=C(CC1c2ccccc2-c2ccccc21)N1CCN(c2ccc(O)cn2)CC1. The number of amides is 1. The van der Waals surface area contributed by atoms with E-state index in [1.54, 1.807) is 6.07 Å². The average Bonchev–Trinajstić information content (AvgIpc) is 3.08. The fourth-order valence-corrected chi connectivity index (χ4v) is 4.53. The van der Waals surface area contributed by atoms with Gasteiger partial charge in [-0.3, -0.25) is 4.79 Å². The highest BCUT2D eigenvalue weighted by Gasteiger charge is 2.32. The second kappa shape index (κ2) is 7.24. The zero-order valence-corrected chi connectivity index (χ0v) is 16.2. The third-order valence-electron chi connectivity index (χ3n) is 6.03. The van der Waals surface area contributed by atoms with Crippen LogP contribution in [-0.2, 0) is 4.79 Å². The Kier molecular flexibility index (Phi) is 4.43. The van der Waals surface area contributed by atoms with Crippen molar-refractivity contribution >= 4 is 11.7 Å². The molecule has 1 aromatic heterocycles. The zero-order chi connectivity index (χ0) is 19.8. The van der Waals surface area contributed by atoms with Crippen LogP contribution in [0.25, 0.3) is 11.1 Å². The van der Waals surface area contributed by atoms with Crippen LogP contribution in [-0.4, -0.2) is 47.1 Å². The van der Waals surface area contributed by atoms with Gasteiger partial charge in [0.2, 0.25) is 5.91 Å². The lowest BCUT2D eigenvalue weighted by Gasteiger charge is -2.36. The first kappa shape index (κ1) is 17.7. The maximum Gasteiger partial charge on any atom is 0.223 e. The topological polar surface area (TPSA) is 56.7 Å². The third kappa shape index (κ3) is 3.23. The maximum atomic E-state index is 13.1. The molecule has 0 spiro atoms. The summed E-state index contributed by atoms with van der Waals surface area (Å²) in [5.74, 6) is 1.35. The van der Waals surface area contributed by atoms with E-state index in [0.717, 1.165) is 18.9 Å². The number of hydrogen-bond acceptors (Lipinski definition) is 4. The van der Waals surface area contributed by atoms with Gasteiger partial charge in [-0.2, -0.15) is 0 Å². The fourth-order valence-electron chi connectivity index (χ4n) is 4.53. The van der Waals surface area contributed by atoms with Crippen LogP contribution in [0.3, 0.4) is 0 Å². The van der Waals surface area contributed by atoms with Crippen molar-refractivity contribution in [2.45, 2.75) is 12.3 Å². The van der Waals surface area contributed by atoms with Crippen LogP contribution >= 0.6 is 0 Å². The second-order valence-corrected chi connectivity index (χ2v) is 7.67. The molecule has 3 aromatic rings. The molecule has 0 bridgehead atoms. The summed E-state index contributed by atoms with van der Waals surface area (Å²) in [5, 5.41) is 9.41. The first-order chi connectivity index (χ1) is 14.2. The van der Waals surface area contributed by atoms with E-state index in [1.165, 1.54) is 28.5 Å². The molecule has 5 heteroatoms. The van der Waals surface area contributed by atoms with Gasteiger partial charge in [0.25, 0.3) is 0 Å². The molecule has 1 N–H and O–H groups in total. The highest BCUT2D eigenvalue weighted by atomic mass is 16.3. The van der Waals surface area contributed by atoms with Crippen LogP contribution in [0.5, 0.6) is 5.75 Å². The van der Waals surface area contributed by atoms with Crippen molar-refractivity contribution in [2.24, 2.45) is 0 Å². The Morgan fingerprint density at radius 3 is 2.10 bits per heavy atom. The molecule has 1 aliphatic heterocycles. The van der Waals surface area contributed by atoms with E-state index in [4.69, 9.17) is 0 Å². The minimum atomic E-state index is 0.131. The van der Waals surface area contributed by atoms with Crippen molar-refractivity contribution in [3.8, 4) is 16.9 Å². The van der Waals surface area contributed by atoms with Crippen molar-refractivity contribution in [1.29, 1.82) is 0 Å². The van der Waals surface area contributed by atoms with Gasteiger partial charge in [0, 0.05) is 38.5 Å². The number of piperazine rings is 1. The van der Waals surface area contributed by atoms with Gasteiger partial charge in [-0.25, -0.2) is 4.98 Å². The molecule has 5 rings (SSSR count). The number of hydrogen-bond donors (Lipinski definition) is 1. The molecule has 0 unspecified atom stereocenters. The molecule has 1 amide bonds. The molecule has 1 fully saturated rings. The summed E-state index contributed by atoms with van der Waals surface area (Å²) in [4.78, 5) is 21.5. The number of rotatable bonds is 3. The van der Waals surface area contributed by atoms with Gasteiger partial charge < -0.3 is 14.9 Å². The lowest BCUT2D eigenvalue weighted by atomic mass is 9.93. The molecule has 1 aliphatic carbocycles. The molecule has 5 nitrogen and oxygen atoms in total. The van der Waals surface area contributed by atoms with Crippen LogP contribution in [0.2, 0.25) is 0 Å². The lowest BCUT2D eigenvalue weighted by Crippen LogP contribution is -2.49. The Hall–Kier alpha value is -3.34. The molecular formula is C24H23N3O2. The third-order valence-corrected chi connectivity index (χ3v) is 6.03. The summed E-state index contributed by atoms with van der Waals surface area (Å²) >= 11 is 0. The number of aromatic hydroxyl groups is 1. The number of pyridine rings is 1. The molecule has 1 saturated heterocycles. The lowest BCUT2D eigenvalue weighted by molar-refractivity contribution is -0.131. The molecule has 0 atom stereocenters. The van der Waals surface area contributed by atoms with Gasteiger partial charge in [0.15, 0.2) is 0 Å². The van der Waals surface area contributed by atoms with Crippen LogP contribution < -0.4 is 4.90 Å². The Bertz CT molecular complexity index is 995. The van der Waals surface area contributed by atoms with E-state index in [1.807, 2.05) is 11.0 Å². The standard InChI is InChI=1S/C24H23N3O2/c28-17-9-10-23(25-16-17)26-11-13-27(14-12-26)24(29)15-22-20-7-3-1-5-18(20)19-6-2-4-8-21(19)22/h1-10,16,22,28H,11-15H2. The van der Waals surface area contributed by atoms with Gasteiger partial charge in [-0.15, -0.1) is 0 Å². The van der Waals surface area contributed by atoms with E-state index in [2.05, 4.69) is 58.4 Å². The minimum Gasteiger partial charge on any atom is -0.506 e. The van der Waals surface area contributed by atoms with Crippen molar-refractivity contribution in [3.63, 3.8) is 0 Å². The number of carbonyl (C=O) groups excluding carboxylic acids is 1. The number of carbonyl (C=O) groups is 1. The van der Waals surface area contributed by atoms with E-state index >= 15 is 0 Å². The van der Waals surface area contributed by atoms with Gasteiger partial charge in [0.05, 0.1) is 6.20 Å². The van der Waals surface area contributed by atoms with E-state index in [0.29, 0.717) is 19.5 Å². The molecule has 29 heavy (non-hydrogen) atoms. The number of nitrogens with zero attached hydrogens (tertiary/aromatic N) is 3. The van der Waals surface area contributed by atoms with Gasteiger partial charge in [-0.1, -0.05) is 48.5 Å². The number of benzene rings is 2. The van der Waals surface area contributed by atoms with Crippen LogP contribution in [0.15, 0.2) is 66.9 Å². The average molecular weight is 385 g/mol. The van der Waals surface area contributed by atoms with E-state index in [-0.39, 0.29) is 17.6 Å². The van der Waals surface area contributed by atoms with E-state index < -0.39 is 0 Å². The van der Waals surface area contributed by atoms with Crippen molar-refractivity contribution < 1.29 is 9.90 Å². The quantitative estimate of drug-likeness (QED) is 0.748. The Balaban J connectivity index is 1.29. The van der Waals surface area contributed by atoms with Crippen LogP contribution in [0, 0.1) is 0 Å². The maximum absolute atomic E-state index is 13.1. The summed E-state index contributed by atoms with van der Waals surface area (Å²) in [5.41, 5.74) is 5.02. The normalized spacial score (nSPS) is 15.9. The van der Waals surface area contributed by atoms with Crippen LogP contribution in [0.4, 0.5) is 5.82 Å². The number of fused-ring (bicyclic) bond motifs is 3. The second-order valence-electron chi connectivity index (χ2n) is 7.67. The monoisotopic (exact) mass is 385 g/mol. The smallest absolute Gasteiger partial charge is 0.223 e. The first-order valence-corrected chi connectivity index (χ1v) is 10.1. The van der Waals surface area contributed by atoms with E-state index in [9.17, 15) is 9.90 Å². The molecule has 2 aromatic carbocycles. The van der Waals surface area contributed by atoms with Crippen molar-refractivity contribution in [3.05, 3.63) is 78.0 Å². The minimum absolute atomic E-state index is 0.131. The summed E-state index contributed by atoms with van der Waals surface area (Å²) in [6.07, 6.45) is 1.97.